The summed E-state index contributed by atoms with van der Waals surface area (Å²) in [6, 6.07) is 3.83. The summed E-state index contributed by atoms with van der Waals surface area (Å²) in [6.07, 6.45) is -5.42. The molecule has 0 radical (unpaired) electrons. The Bertz CT molecular complexity index is 768. The zero-order chi connectivity index (χ0) is 16.1. The van der Waals surface area contributed by atoms with E-state index in [0.717, 1.165) is 18.2 Å². The highest BCUT2D eigenvalue weighted by Gasteiger charge is 2.65. The molecule has 1 aromatic rings. The van der Waals surface area contributed by atoms with Crippen LogP contribution in [0.1, 0.15) is 12.8 Å². The molecule has 1 aliphatic rings. The number of benzene rings is 1. The molecule has 1 saturated carbocycles. The van der Waals surface area contributed by atoms with E-state index in [0.29, 0.717) is 6.07 Å². The van der Waals surface area contributed by atoms with E-state index in [9.17, 15) is 30.0 Å². The van der Waals surface area contributed by atoms with Gasteiger partial charge in [-0.05, 0) is 31.0 Å². The maximum atomic E-state index is 12.8. The Morgan fingerprint density at radius 2 is 1.62 bits per heavy atom. The van der Waals surface area contributed by atoms with Crippen molar-refractivity contribution in [3.63, 3.8) is 0 Å². The molecule has 0 saturated heterocycles. The van der Waals surface area contributed by atoms with Gasteiger partial charge >= 0.3 is 6.18 Å². The number of sulfonamides is 2. The molecule has 21 heavy (non-hydrogen) atoms. The number of halogens is 3. The van der Waals surface area contributed by atoms with E-state index in [-0.39, 0.29) is 12.8 Å². The van der Waals surface area contributed by atoms with E-state index in [2.05, 4.69) is 0 Å². The third kappa shape index (κ3) is 3.20. The van der Waals surface area contributed by atoms with Crippen LogP contribution in [-0.2, 0) is 20.0 Å². The zero-order valence-electron chi connectivity index (χ0n) is 10.4. The molecule has 0 atom stereocenters. The molecule has 1 aromatic carbocycles. The monoisotopic (exact) mass is 344 g/mol. The summed E-state index contributed by atoms with van der Waals surface area (Å²) in [6.45, 7) is 0. The number of rotatable bonds is 4. The average Bonchev–Trinajstić information content (AvgIpc) is 3.08. The first-order valence-electron chi connectivity index (χ1n) is 5.61. The Kier molecular flexibility index (Phi) is 3.60. The maximum Gasteiger partial charge on any atom is 0.407 e. The Morgan fingerprint density at radius 1 is 1.10 bits per heavy atom. The molecular weight excluding hydrogens is 333 g/mol. The minimum absolute atomic E-state index is 0.357. The minimum atomic E-state index is -4.71. The first-order valence-corrected chi connectivity index (χ1v) is 8.64. The van der Waals surface area contributed by atoms with Crippen LogP contribution in [0, 0.1) is 0 Å². The highest BCUT2D eigenvalue weighted by molar-refractivity contribution is 7.90. The summed E-state index contributed by atoms with van der Waals surface area (Å²) in [7, 11) is -8.67. The van der Waals surface area contributed by atoms with Crippen molar-refractivity contribution in [3.05, 3.63) is 24.3 Å². The number of hydrogen-bond acceptors (Lipinski definition) is 4. The van der Waals surface area contributed by atoms with Crippen molar-refractivity contribution in [1.82, 2.24) is 4.72 Å². The molecule has 0 bridgehead atoms. The SMILES string of the molecule is NS(=O)(=O)c1cccc(S(=O)(=O)NC2(C(F)(F)F)CC2)c1. The summed E-state index contributed by atoms with van der Waals surface area (Å²) >= 11 is 0. The van der Waals surface area contributed by atoms with Crippen molar-refractivity contribution >= 4 is 20.0 Å². The molecule has 1 fully saturated rings. The topological polar surface area (TPSA) is 106 Å². The van der Waals surface area contributed by atoms with Gasteiger partial charge in [-0.2, -0.15) is 17.9 Å². The lowest BCUT2D eigenvalue weighted by molar-refractivity contribution is -0.160. The zero-order valence-corrected chi connectivity index (χ0v) is 12.0. The van der Waals surface area contributed by atoms with Crippen molar-refractivity contribution < 1.29 is 30.0 Å². The summed E-state index contributed by atoms with van der Waals surface area (Å²) < 4.78 is 86.1. The van der Waals surface area contributed by atoms with Crippen LogP contribution >= 0.6 is 0 Å². The normalized spacial score (nSPS) is 18.5. The lowest BCUT2D eigenvalue weighted by Crippen LogP contribution is -2.47. The van der Waals surface area contributed by atoms with Gasteiger partial charge in [0, 0.05) is 0 Å². The van der Waals surface area contributed by atoms with Crippen LogP contribution in [0.25, 0.3) is 0 Å². The molecule has 0 spiro atoms. The molecule has 1 aliphatic carbocycles. The highest BCUT2D eigenvalue weighted by Crippen LogP contribution is 2.49. The van der Waals surface area contributed by atoms with Gasteiger partial charge in [0.05, 0.1) is 9.79 Å². The second-order valence-corrected chi connectivity index (χ2v) is 7.95. The number of alkyl halides is 3. The van der Waals surface area contributed by atoms with Crippen LogP contribution in [0.3, 0.4) is 0 Å². The molecule has 0 aliphatic heterocycles. The second-order valence-electron chi connectivity index (χ2n) is 4.71. The Labute approximate surface area is 119 Å². The molecule has 2 rings (SSSR count). The van der Waals surface area contributed by atoms with E-state index >= 15 is 0 Å². The Morgan fingerprint density at radius 3 is 2.05 bits per heavy atom. The quantitative estimate of drug-likeness (QED) is 0.839. The van der Waals surface area contributed by atoms with E-state index in [1.165, 1.54) is 0 Å². The molecule has 11 heteroatoms. The standard InChI is InChI=1S/C10H11F3N2O4S2/c11-10(12,13)9(4-5-9)15-21(18,19)8-3-1-2-7(6-8)20(14,16)17/h1-3,6,15H,4-5H2,(H2,14,16,17). The molecule has 6 nitrogen and oxygen atoms in total. The van der Waals surface area contributed by atoms with Gasteiger partial charge in [-0.15, -0.1) is 0 Å². The Hall–Kier alpha value is -1.17. The summed E-state index contributed by atoms with van der Waals surface area (Å²) in [5.74, 6) is 0. The average molecular weight is 344 g/mol. The van der Waals surface area contributed by atoms with Gasteiger partial charge in [0.1, 0.15) is 5.54 Å². The minimum Gasteiger partial charge on any atom is -0.225 e. The number of nitrogens with one attached hydrogen (secondary N) is 1. The molecule has 0 amide bonds. The number of hydrogen-bond donors (Lipinski definition) is 2. The van der Waals surface area contributed by atoms with Crippen LogP contribution in [-0.4, -0.2) is 28.6 Å². The fraction of sp³-hybridized carbons (Fsp3) is 0.400. The first kappa shape index (κ1) is 16.2. The van der Waals surface area contributed by atoms with Crippen molar-refractivity contribution in [2.75, 3.05) is 0 Å². The second kappa shape index (κ2) is 4.66. The van der Waals surface area contributed by atoms with Crippen molar-refractivity contribution in [1.29, 1.82) is 0 Å². The number of primary sulfonamides is 1. The van der Waals surface area contributed by atoms with Gasteiger partial charge in [0.15, 0.2) is 0 Å². The highest BCUT2D eigenvalue weighted by atomic mass is 32.2. The lowest BCUT2D eigenvalue weighted by Gasteiger charge is -2.20. The van der Waals surface area contributed by atoms with Crippen LogP contribution in [0.5, 0.6) is 0 Å². The third-order valence-electron chi connectivity index (χ3n) is 3.07. The maximum absolute atomic E-state index is 12.8. The van der Waals surface area contributed by atoms with E-state index < -0.39 is 41.6 Å². The fourth-order valence-electron chi connectivity index (χ4n) is 1.70. The fourth-order valence-corrected chi connectivity index (χ4v) is 3.83. The molecule has 3 N–H and O–H groups in total. The largest absolute Gasteiger partial charge is 0.407 e. The smallest absolute Gasteiger partial charge is 0.225 e. The molecule has 0 unspecified atom stereocenters. The van der Waals surface area contributed by atoms with E-state index in [1.54, 1.807) is 4.72 Å². The van der Waals surface area contributed by atoms with Gasteiger partial charge in [-0.1, -0.05) is 6.07 Å². The summed E-state index contributed by atoms with van der Waals surface area (Å²) in [5, 5.41) is 4.85. The van der Waals surface area contributed by atoms with Gasteiger partial charge in [-0.3, -0.25) is 0 Å². The van der Waals surface area contributed by atoms with Gasteiger partial charge in [0.2, 0.25) is 20.0 Å². The summed E-state index contributed by atoms with van der Waals surface area (Å²) in [4.78, 5) is -1.09. The predicted octanol–water partition coefficient (Wildman–Crippen LogP) is 0.707. The van der Waals surface area contributed by atoms with Crippen molar-refractivity contribution in [2.45, 2.75) is 34.3 Å². The van der Waals surface area contributed by atoms with Crippen LogP contribution in [0.4, 0.5) is 13.2 Å². The van der Waals surface area contributed by atoms with Crippen LogP contribution in [0.15, 0.2) is 34.1 Å². The van der Waals surface area contributed by atoms with Crippen molar-refractivity contribution in [2.24, 2.45) is 5.14 Å². The third-order valence-corrected chi connectivity index (χ3v) is 5.51. The van der Waals surface area contributed by atoms with E-state index in [4.69, 9.17) is 5.14 Å². The molecule has 0 heterocycles. The van der Waals surface area contributed by atoms with Crippen LogP contribution < -0.4 is 9.86 Å². The van der Waals surface area contributed by atoms with Gasteiger partial charge in [-0.25, -0.2) is 22.0 Å². The van der Waals surface area contributed by atoms with Crippen molar-refractivity contribution in [3.8, 4) is 0 Å². The van der Waals surface area contributed by atoms with Crippen LogP contribution in [0.2, 0.25) is 0 Å². The predicted molar refractivity (Wildman–Crippen MR) is 66.2 cm³/mol. The van der Waals surface area contributed by atoms with Gasteiger partial charge < -0.3 is 0 Å². The Balaban J connectivity index is 2.38. The number of nitrogens with two attached hydrogens (primary N) is 1. The van der Waals surface area contributed by atoms with E-state index in [1.807, 2.05) is 0 Å². The van der Waals surface area contributed by atoms with Gasteiger partial charge in [0.25, 0.3) is 0 Å². The molecule has 118 valence electrons. The molecular formula is C10H11F3N2O4S2. The first-order chi connectivity index (χ1) is 9.37. The molecule has 0 aromatic heterocycles. The lowest BCUT2D eigenvalue weighted by atomic mass is 10.3. The summed E-state index contributed by atoms with van der Waals surface area (Å²) in [5.41, 5.74) is -2.47.